The van der Waals surface area contributed by atoms with Gasteiger partial charge in [0.1, 0.15) is 0 Å². The van der Waals surface area contributed by atoms with E-state index in [1.807, 2.05) is 72.8 Å². The summed E-state index contributed by atoms with van der Waals surface area (Å²) in [6.45, 7) is 0. The molecule has 0 unspecified atom stereocenters. The normalized spacial score (nSPS) is 11.9. The monoisotopic (exact) mass is 409 g/mol. The first-order valence-corrected chi connectivity index (χ1v) is 10.3. The Morgan fingerprint density at radius 1 is 0.812 bits per heavy atom. The van der Waals surface area contributed by atoms with E-state index in [1.54, 1.807) is 10.6 Å². The van der Waals surface area contributed by atoms with Crippen molar-refractivity contribution < 1.29 is 0 Å². The number of benzene rings is 4. The zero-order chi connectivity index (χ0) is 21.8. The molecule has 0 spiro atoms. The molecule has 0 aliphatic carbocycles. The molecular formula is C28H15N3O. The van der Waals surface area contributed by atoms with Gasteiger partial charge in [0.05, 0.1) is 34.3 Å². The Kier molecular flexibility index (Phi) is 3.78. The van der Waals surface area contributed by atoms with Crippen molar-refractivity contribution >= 4 is 27.6 Å². The van der Waals surface area contributed by atoms with E-state index in [0.29, 0.717) is 22.9 Å². The molecule has 6 rings (SSSR count). The van der Waals surface area contributed by atoms with E-state index in [2.05, 4.69) is 12.1 Å². The van der Waals surface area contributed by atoms with Crippen LogP contribution in [0.3, 0.4) is 0 Å². The highest BCUT2D eigenvalue weighted by Crippen LogP contribution is 2.35. The summed E-state index contributed by atoms with van der Waals surface area (Å²) in [5, 5.41) is 23.1. The fourth-order valence-corrected chi connectivity index (χ4v) is 4.87. The van der Waals surface area contributed by atoms with Gasteiger partial charge in [-0.1, -0.05) is 48.5 Å². The Morgan fingerprint density at radius 3 is 2.41 bits per heavy atom. The molecule has 0 N–H and O–H groups in total. The summed E-state index contributed by atoms with van der Waals surface area (Å²) in [5.41, 5.74) is 4.74. The highest BCUT2D eigenvalue weighted by atomic mass is 16.1. The van der Waals surface area contributed by atoms with Gasteiger partial charge in [0.2, 0.25) is 0 Å². The number of nitrogens with zero attached hydrogens (tertiary/aromatic N) is 3. The van der Waals surface area contributed by atoms with Crippen molar-refractivity contribution in [2.24, 2.45) is 0 Å². The van der Waals surface area contributed by atoms with Crippen LogP contribution in [-0.4, -0.2) is 4.57 Å². The van der Waals surface area contributed by atoms with Gasteiger partial charge in [-0.05, 0) is 53.4 Å². The van der Waals surface area contributed by atoms with E-state index in [-0.39, 0.29) is 5.56 Å². The molecule has 0 fully saturated rings. The first kappa shape index (κ1) is 18.1. The lowest BCUT2D eigenvalue weighted by atomic mass is 9.90. The van der Waals surface area contributed by atoms with E-state index in [4.69, 9.17) is 0 Å². The summed E-state index contributed by atoms with van der Waals surface area (Å²) in [6.07, 6.45) is 2.68. The molecule has 1 aromatic heterocycles. The SMILES string of the molecule is N#Cc1ccc2c(c1)CC=c1c3ccc(C#N)c4c(-c5ccccc5)ccc(c(=O)n1-2)c43. The molecule has 1 aliphatic heterocycles. The van der Waals surface area contributed by atoms with Gasteiger partial charge in [-0.2, -0.15) is 10.5 Å². The van der Waals surface area contributed by atoms with E-state index in [9.17, 15) is 15.3 Å². The van der Waals surface area contributed by atoms with Crippen molar-refractivity contribution in [2.75, 3.05) is 0 Å². The smallest absolute Gasteiger partial charge is 0.263 e. The predicted octanol–water partition coefficient (Wildman–Crippen LogP) is 4.61. The molecule has 2 heterocycles. The van der Waals surface area contributed by atoms with Gasteiger partial charge in [0.15, 0.2) is 0 Å². The summed E-state index contributed by atoms with van der Waals surface area (Å²) in [4.78, 5) is 13.7. The molecule has 5 aromatic rings. The van der Waals surface area contributed by atoms with Crippen molar-refractivity contribution in [3.05, 3.63) is 105 Å². The van der Waals surface area contributed by atoms with Crippen LogP contribution in [0.5, 0.6) is 0 Å². The average Bonchev–Trinajstić information content (AvgIpc) is 2.86. The van der Waals surface area contributed by atoms with Crippen LogP contribution in [0, 0.1) is 22.7 Å². The molecule has 0 atom stereocenters. The zero-order valence-corrected chi connectivity index (χ0v) is 17.0. The van der Waals surface area contributed by atoms with Crippen molar-refractivity contribution in [3.8, 4) is 29.0 Å². The molecule has 4 nitrogen and oxygen atoms in total. The van der Waals surface area contributed by atoms with Crippen LogP contribution in [0.1, 0.15) is 16.7 Å². The number of hydrogen-bond acceptors (Lipinski definition) is 3. The minimum absolute atomic E-state index is 0.117. The second-order valence-corrected chi connectivity index (χ2v) is 7.94. The lowest BCUT2D eigenvalue weighted by Gasteiger charge is -2.21. The minimum Gasteiger partial charge on any atom is -0.276 e. The quantitative estimate of drug-likeness (QED) is 0.406. The third kappa shape index (κ3) is 2.38. The fourth-order valence-electron chi connectivity index (χ4n) is 4.87. The van der Waals surface area contributed by atoms with Crippen molar-refractivity contribution in [2.45, 2.75) is 6.42 Å². The van der Waals surface area contributed by atoms with Crippen LogP contribution >= 0.6 is 0 Å². The van der Waals surface area contributed by atoms with Gasteiger partial charge in [-0.3, -0.25) is 9.36 Å². The standard InChI is InChI=1S/C28H15N3O/c29-15-17-6-12-24-19(14-17)8-13-25-22-9-7-20(16-30)26-21(18-4-2-1-3-5-18)10-11-23(27(22)26)28(32)31(24)25/h1-7,9-14H,8H2. The third-order valence-electron chi connectivity index (χ3n) is 6.28. The summed E-state index contributed by atoms with van der Waals surface area (Å²) < 4.78 is 1.74. The summed E-state index contributed by atoms with van der Waals surface area (Å²) in [6, 6.07) is 27.5. The Labute approximate surface area is 183 Å². The number of hydrogen-bond donors (Lipinski definition) is 0. The van der Waals surface area contributed by atoms with Crippen molar-refractivity contribution in [1.29, 1.82) is 10.5 Å². The summed E-state index contributed by atoms with van der Waals surface area (Å²) in [5.74, 6) is 0. The molecule has 1 aliphatic rings. The third-order valence-corrected chi connectivity index (χ3v) is 6.28. The molecule has 148 valence electrons. The Hall–Kier alpha value is -4.67. The molecule has 0 bridgehead atoms. The molecule has 0 amide bonds. The van der Waals surface area contributed by atoms with Gasteiger partial charge in [0, 0.05) is 21.5 Å². The average molecular weight is 409 g/mol. The second kappa shape index (κ2) is 6.67. The van der Waals surface area contributed by atoms with Crippen LogP contribution in [0.2, 0.25) is 0 Å². The van der Waals surface area contributed by atoms with E-state index in [1.165, 1.54) is 0 Å². The predicted molar refractivity (Wildman–Crippen MR) is 125 cm³/mol. The highest BCUT2D eigenvalue weighted by Gasteiger charge is 2.21. The maximum absolute atomic E-state index is 13.7. The van der Waals surface area contributed by atoms with Crippen LogP contribution in [0.15, 0.2) is 77.6 Å². The van der Waals surface area contributed by atoms with E-state index >= 15 is 0 Å². The Bertz CT molecular complexity index is 1780. The minimum atomic E-state index is -0.117. The molecule has 4 heteroatoms. The molecule has 0 saturated heterocycles. The Balaban J connectivity index is 1.80. The van der Waals surface area contributed by atoms with E-state index in [0.717, 1.165) is 43.9 Å². The zero-order valence-electron chi connectivity index (χ0n) is 17.0. The number of fused-ring (bicyclic) bond motifs is 4. The number of nitriles is 2. The number of pyridine rings is 1. The van der Waals surface area contributed by atoms with Gasteiger partial charge >= 0.3 is 0 Å². The maximum atomic E-state index is 13.7. The van der Waals surface area contributed by atoms with Gasteiger partial charge in [-0.25, -0.2) is 0 Å². The first-order chi connectivity index (χ1) is 15.7. The first-order valence-electron chi connectivity index (χ1n) is 10.3. The summed E-state index contributed by atoms with van der Waals surface area (Å²) in [7, 11) is 0. The van der Waals surface area contributed by atoms with Crippen LogP contribution in [-0.2, 0) is 6.42 Å². The van der Waals surface area contributed by atoms with Gasteiger partial charge in [-0.15, -0.1) is 0 Å². The van der Waals surface area contributed by atoms with Crippen molar-refractivity contribution in [1.82, 2.24) is 4.57 Å². The van der Waals surface area contributed by atoms with E-state index < -0.39 is 0 Å². The fraction of sp³-hybridized carbons (Fsp3) is 0.0357. The molecule has 0 radical (unpaired) electrons. The molecule has 0 saturated carbocycles. The van der Waals surface area contributed by atoms with Crippen LogP contribution in [0.4, 0.5) is 0 Å². The van der Waals surface area contributed by atoms with Crippen LogP contribution < -0.4 is 10.9 Å². The number of rotatable bonds is 1. The topological polar surface area (TPSA) is 69.6 Å². The largest absolute Gasteiger partial charge is 0.276 e. The van der Waals surface area contributed by atoms with Gasteiger partial charge in [0.25, 0.3) is 5.56 Å². The van der Waals surface area contributed by atoms with Crippen LogP contribution in [0.25, 0.3) is 44.4 Å². The molecule has 32 heavy (non-hydrogen) atoms. The Morgan fingerprint density at radius 2 is 1.62 bits per heavy atom. The maximum Gasteiger partial charge on any atom is 0.263 e. The highest BCUT2D eigenvalue weighted by molar-refractivity contribution is 6.17. The van der Waals surface area contributed by atoms with Crippen molar-refractivity contribution in [3.63, 3.8) is 0 Å². The lowest BCUT2D eigenvalue weighted by Crippen LogP contribution is -2.35. The molecule has 4 aromatic carbocycles. The second-order valence-electron chi connectivity index (χ2n) is 7.94. The molecular weight excluding hydrogens is 394 g/mol. The number of aromatic nitrogens is 1. The van der Waals surface area contributed by atoms with Gasteiger partial charge < -0.3 is 0 Å². The lowest BCUT2D eigenvalue weighted by molar-refractivity contribution is 0.933. The summed E-state index contributed by atoms with van der Waals surface area (Å²) >= 11 is 0.